The Kier molecular flexibility index (Phi) is 5.61. The highest BCUT2D eigenvalue weighted by atomic mass is 16.2. The van der Waals surface area contributed by atoms with Gasteiger partial charge in [0, 0.05) is 37.6 Å². The van der Waals surface area contributed by atoms with Gasteiger partial charge in [0.1, 0.15) is 6.04 Å². The molecule has 0 radical (unpaired) electrons. The summed E-state index contributed by atoms with van der Waals surface area (Å²) in [5.74, 6) is 0.179. The first-order chi connectivity index (χ1) is 13.3. The quantitative estimate of drug-likeness (QED) is 0.852. The van der Waals surface area contributed by atoms with E-state index in [9.17, 15) is 4.79 Å². The van der Waals surface area contributed by atoms with Gasteiger partial charge >= 0.3 is 0 Å². The standard InChI is InChI=1S/C23H29N3O/c27-23(26-17-7-8-18-26)22(19-9-3-1-4-10-19)24-20-11-13-21(14-12-20)25-15-5-2-6-16-25/h1,3-4,9-14,22,24H,2,5-8,15-18H2. The molecule has 2 saturated heterocycles. The van der Waals surface area contributed by atoms with Crippen LogP contribution >= 0.6 is 0 Å². The molecule has 1 atom stereocenters. The minimum atomic E-state index is -0.329. The summed E-state index contributed by atoms with van der Waals surface area (Å²) >= 11 is 0. The molecule has 142 valence electrons. The molecule has 2 aliphatic rings. The second kappa shape index (κ2) is 8.47. The van der Waals surface area contributed by atoms with Gasteiger partial charge in [0.25, 0.3) is 0 Å². The molecular weight excluding hydrogens is 334 g/mol. The van der Waals surface area contributed by atoms with Crippen molar-refractivity contribution in [3.8, 4) is 0 Å². The molecule has 2 aromatic carbocycles. The Labute approximate surface area is 162 Å². The zero-order valence-electron chi connectivity index (χ0n) is 15.9. The van der Waals surface area contributed by atoms with Crippen molar-refractivity contribution < 1.29 is 4.79 Å². The van der Waals surface area contributed by atoms with Crippen molar-refractivity contribution in [2.75, 3.05) is 36.4 Å². The van der Waals surface area contributed by atoms with Gasteiger partial charge in [-0.05, 0) is 61.9 Å². The van der Waals surface area contributed by atoms with Crippen LogP contribution in [0.25, 0.3) is 0 Å². The van der Waals surface area contributed by atoms with Gasteiger partial charge in [-0.1, -0.05) is 30.3 Å². The van der Waals surface area contributed by atoms with Crippen LogP contribution < -0.4 is 10.2 Å². The van der Waals surface area contributed by atoms with Crippen LogP contribution in [0.4, 0.5) is 11.4 Å². The minimum Gasteiger partial charge on any atom is -0.372 e. The molecule has 1 N–H and O–H groups in total. The van der Waals surface area contributed by atoms with E-state index in [1.807, 2.05) is 35.2 Å². The second-order valence-corrected chi connectivity index (χ2v) is 7.62. The molecule has 1 amide bonds. The number of carbonyl (C=O) groups excluding carboxylic acids is 1. The van der Waals surface area contributed by atoms with Crippen molar-refractivity contribution >= 4 is 17.3 Å². The van der Waals surface area contributed by atoms with Gasteiger partial charge in [0.15, 0.2) is 0 Å². The number of piperidine rings is 1. The minimum absolute atomic E-state index is 0.179. The highest BCUT2D eigenvalue weighted by Crippen LogP contribution is 2.26. The summed E-state index contributed by atoms with van der Waals surface area (Å²) in [5.41, 5.74) is 3.30. The number of anilines is 2. The first kappa shape index (κ1) is 17.9. The van der Waals surface area contributed by atoms with Gasteiger partial charge in [-0.15, -0.1) is 0 Å². The fourth-order valence-electron chi connectivity index (χ4n) is 4.14. The van der Waals surface area contributed by atoms with E-state index in [2.05, 4.69) is 34.5 Å². The number of carbonyl (C=O) groups is 1. The fourth-order valence-corrected chi connectivity index (χ4v) is 4.14. The summed E-state index contributed by atoms with van der Waals surface area (Å²) in [5, 5.41) is 3.49. The number of nitrogens with zero attached hydrogens (tertiary/aromatic N) is 2. The Morgan fingerprint density at radius 2 is 1.41 bits per heavy atom. The number of hydrogen-bond acceptors (Lipinski definition) is 3. The molecule has 2 aromatic rings. The first-order valence-electron chi connectivity index (χ1n) is 10.3. The molecular formula is C23H29N3O. The number of benzene rings is 2. The van der Waals surface area contributed by atoms with Crippen molar-refractivity contribution in [3.05, 3.63) is 60.2 Å². The summed E-state index contributed by atoms with van der Waals surface area (Å²) in [6, 6.07) is 18.3. The maximum Gasteiger partial charge on any atom is 0.249 e. The smallest absolute Gasteiger partial charge is 0.249 e. The van der Waals surface area contributed by atoms with Crippen LogP contribution in [0.15, 0.2) is 54.6 Å². The normalized spacial score (nSPS) is 18.4. The van der Waals surface area contributed by atoms with Crippen molar-refractivity contribution in [1.29, 1.82) is 0 Å². The molecule has 0 aliphatic carbocycles. The zero-order chi connectivity index (χ0) is 18.5. The molecule has 4 heteroatoms. The first-order valence-corrected chi connectivity index (χ1v) is 10.3. The molecule has 2 aliphatic heterocycles. The lowest BCUT2D eigenvalue weighted by molar-refractivity contribution is -0.131. The Balaban J connectivity index is 1.51. The second-order valence-electron chi connectivity index (χ2n) is 7.62. The van der Waals surface area contributed by atoms with Gasteiger partial charge < -0.3 is 15.1 Å². The molecule has 1 unspecified atom stereocenters. The van der Waals surface area contributed by atoms with Gasteiger partial charge in [-0.25, -0.2) is 0 Å². The molecule has 2 heterocycles. The van der Waals surface area contributed by atoms with E-state index in [-0.39, 0.29) is 11.9 Å². The maximum atomic E-state index is 13.1. The van der Waals surface area contributed by atoms with E-state index < -0.39 is 0 Å². The van der Waals surface area contributed by atoms with E-state index in [0.29, 0.717) is 0 Å². The third kappa shape index (κ3) is 4.26. The van der Waals surface area contributed by atoms with E-state index in [1.54, 1.807) is 0 Å². The summed E-state index contributed by atoms with van der Waals surface area (Å²) in [6.07, 6.45) is 6.11. The largest absolute Gasteiger partial charge is 0.372 e. The molecule has 0 bridgehead atoms. The van der Waals surface area contributed by atoms with Gasteiger partial charge in [-0.2, -0.15) is 0 Å². The van der Waals surface area contributed by atoms with Gasteiger partial charge in [0.05, 0.1) is 0 Å². The van der Waals surface area contributed by atoms with Crippen molar-refractivity contribution in [3.63, 3.8) is 0 Å². The summed E-state index contributed by atoms with van der Waals surface area (Å²) in [6.45, 7) is 4.04. The molecule has 0 aromatic heterocycles. The van der Waals surface area contributed by atoms with Gasteiger partial charge in [-0.3, -0.25) is 4.79 Å². The average Bonchev–Trinajstić information content (AvgIpc) is 3.28. The maximum absolute atomic E-state index is 13.1. The molecule has 4 nitrogen and oxygen atoms in total. The topological polar surface area (TPSA) is 35.6 Å². The van der Waals surface area contributed by atoms with E-state index in [1.165, 1.54) is 24.9 Å². The Hall–Kier alpha value is -2.49. The molecule has 4 rings (SSSR count). The van der Waals surface area contributed by atoms with Gasteiger partial charge in [0.2, 0.25) is 5.91 Å². The molecule has 0 spiro atoms. The molecule has 27 heavy (non-hydrogen) atoms. The van der Waals surface area contributed by atoms with E-state index in [0.717, 1.165) is 50.3 Å². The van der Waals surface area contributed by atoms with Crippen molar-refractivity contribution in [1.82, 2.24) is 4.90 Å². The van der Waals surface area contributed by atoms with Crippen LogP contribution in [0.1, 0.15) is 43.7 Å². The lowest BCUT2D eigenvalue weighted by Gasteiger charge is -2.29. The van der Waals surface area contributed by atoms with Crippen LogP contribution in [0.2, 0.25) is 0 Å². The number of hydrogen-bond donors (Lipinski definition) is 1. The highest BCUT2D eigenvalue weighted by Gasteiger charge is 2.27. The predicted molar refractivity (Wildman–Crippen MR) is 111 cm³/mol. The van der Waals surface area contributed by atoms with E-state index >= 15 is 0 Å². The number of rotatable bonds is 5. The Morgan fingerprint density at radius 1 is 0.778 bits per heavy atom. The zero-order valence-corrected chi connectivity index (χ0v) is 15.9. The monoisotopic (exact) mass is 363 g/mol. The number of amides is 1. The summed E-state index contributed by atoms with van der Waals surface area (Å²) in [7, 11) is 0. The fraction of sp³-hybridized carbons (Fsp3) is 0.435. The third-order valence-corrected chi connectivity index (χ3v) is 5.70. The van der Waals surface area contributed by atoms with Crippen LogP contribution in [-0.2, 0) is 4.79 Å². The highest BCUT2D eigenvalue weighted by molar-refractivity contribution is 5.86. The van der Waals surface area contributed by atoms with Crippen LogP contribution in [0.3, 0.4) is 0 Å². The summed E-state index contributed by atoms with van der Waals surface area (Å²) in [4.78, 5) is 17.6. The van der Waals surface area contributed by atoms with Crippen LogP contribution in [-0.4, -0.2) is 37.0 Å². The lowest BCUT2D eigenvalue weighted by atomic mass is 10.0. The van der Waals surface area contributed by atoms with Crippen LogP contribution in [0, 0.1) is 0 Å². The third-order valence-electron chi connectivity index (χ3n) is 5.70. The van der Waals surface area contributed by atoms with Crippen molar-refractivity contribution in [2.24, 2.45) is 0 Å². The average molecular weight is 364 g/mol. The SMILES string of the molecule is O=C(C(Nc1ccc(N2CCCCC2)cc1)c1ccccc1)N1CCCC1. The predicted octanol–water partition coefficient (Wildman–Crippen LogP) is 4.45. The number of likely N-dealkylation sites (tertiary alicyclic amines) is 1. The molecule has 0 saturated carbocycles. The van der Waals surface area contributed by atoms with Crippen LogP contribution in [0.5, 0.6) is 0 Å². The Bertz CT molecular complexity index is 732. The number of nitrogens with one attached hydrogen (secondary N) is 1. The van der Waals surface area contributed by atoms with E-state index in [4.69, 9.17) is 0 Å². The molecule has 2 fully saturated rings. The Morgan fingerprint density at radius 3 is 2.07 bits per heavy atom. The lowest BCUT2D eigenvalue weighted by Crippen LogP contribution is -2.36. The summed E-state index contributed by atoms with van der Waals surface area (Å²) < 4.78 is 0. The van der Waals surface area contributed by atoms with Crippen molar-refractivity contribution in [2.45, 2.75) is 38.1 Å².